The van der Waals surface area contributed by atoms with Crippen LogP contribution in [0.15, 0.2) is 42.5 Å². The zero-order chi connectivity index (χ0) is 13.4. The highest BCUT2D eigenvalue weighted by molar-refractivity contribution is 5.20. The van der Waals surface area contributed by atoms with E-state index in [1.54, 1.807) is 0 Å². The van der Waals surface area contributed by atoms with Gasteiger partial charge in [0, 0.05) is 6.61 Å². The van der Waals surface area contributed by atoms with Gasteiger partial charge in [-0.3, -0.25) is 11.3 Å². The van der Waals surface area contributed by atoms with Gasteiger partial charge in [-0.1, -0.05) is 49.4 Å². The average Bonchev–Trinajstić information content (AvgIpc) is 2.43. The number of hydrogen-bond acceptors (Lipinski definition) is 3. The lowest BCUT2D eigenvalue weighted by Gasteiger charge is -2.27. The van der Waals surface area contributed by atoms with Crippen molar-refractivity contribution in [3.05, 3.63) is 48.0 Å². The molecule has 1 aromatic carbocycles. The maximum absolute atomic E-state index is 5.84. The number of benzene rings is 1. The van der Waals surface area contributed by atoms with E-state index in [0.29, 0.717) is 6.61 Å². The highest BCUT2D eigenvalue weighted by Gasteiger charge is 2.22. The Kier molecular flexibility index (Phi) is 6.65. The second-order valence-corrected chi connectivity index (χ2v) is 4.37. The quantitative estimate of drug-likeness (QED) is 0.422. The average molecular weight is 248 g/mol. The molecule has 0 heterocycles. The highest BCUT2D eigenvalue weighted by Crippen LogP contribution is 2.25. The van der Waals surface area contributed by atoms with Gasteiger partial charge in [-0.15, -0.1) is 0 Å². The first-order chi connectivity index (χ1) is 8.72. The standard InChI is InChI=1S/C15H24N2O/c1-4-12(3)11-14(17-16)15(18-5-2)13-9-7-6-8-10-13/h6-10,14-15,17H,3-5,11,16H2,1-2H3. The molecule has 0 aliphatic rings. The van der Waals surface area contributed by atoms with E-state index in [0.717, 1.165) is 18.4 Å². The van der Waals surface area contributed by atoms with Crippen LogP contribution < -0.4 is 11.3 Å². The number of ether oxygens (including phenoxy) is 1. The van der Waals surface area contributed by atoms with Crippen molar-refractivity contribution in [2.75, 3.05) is 6.61 Å². The third-order valence-corrected chi connectivity index (χ3v) is 3.06. The Hall–Kier alpha value is -1.16. The molecule has 3 nitrogen and oxygen atoms in total. The summed E-state index contributed by atoms with van der Waals surface area (Å²) in [7, 11) is 0. The first-order valence-electron chi connectivity index (χ1n) is 6.52. The lowest BCUT2D eigenvalue weighted by molar-refractivity contribution is 0.0331. The molecule has 0 radical (unpaired) electrons. The molecular formula is C15H24N2O. The molecule has 100 valence electrons. The third kappa shape index (κ3) is 4.26. The lowest BCUT2D eigenvalue weighted by atomic mass is 9.96. The number of nitrogens with two attached hydrogens (primary N) is 1. The Bertz CT molecular complexity index is 351. The van der Waals surface area contributed by atoms with E-state index >= 15 is 0 Å². The summed E-state index contributed by atoms with van der Waals surface area (Å²) in [4.78, 5) is 0. The molecule has 1 aromatic rings. The highest BCUT2D eigenvalue weighted by atomic mass is 16.5. The molecule has 0 spiro atoms. The van der Waals surface area contributed by atoms with Crippen molar-refractivity contribution in [2.45, 2.75) is 38.8 Å². The molecule has 3 heteroatoms. The van der Waals surface area contributed by atoms with Gasteiger partial charge in [0.15, 0.2) is 0 Å². The second-order valence-electron chi connectivity index (χ2n) is 4.37. The number of hydrazine groups is 1. The Labute approximate surface area is 110 Å². The van der Waals surface area contributed by atoms with Crippen LogP contribution >= 0.6 is 0 Å². The van der Waals surface area contributed by atoms with Crippen LogP contribution in [0.3, 0.4) is 0 Å². The largest absolute Gasteiger partial charge is 0.372 e. The first kappa shape index (κ1) is 14.9. The van der Waals surface area contributed by atoms with Crippen LogP contribution in [0.1, 0.15) is 38.4 Å². The van der Waals surface area contributed by atoms with Crippen molar-refractivity contribution >= 4 is 0 Å². The monoisotopic (exact) mass is 248 g/mol. The molecule has 0 saturated carbocycles. The smallest absolute Gasteiger partial charge is 0.0994 e. The summed E-state index contributed by atoms with van der Waals surface area (Å²) in [6.07, 6.45) is 1.75. The van der Waals surface area contributed by atoms with Gasteiger partial charge in [0.25, 0.3) is 0 Å². The molecule has 0 aromatic heterocycles. The van der Waals surface area contributed by atoms with Gasteiger partial charge in [-0.05, 0) is 25.3 Å². The van der Waals surface area contributed by atoms with Crippen LogP contribution in [0.2, 0.25) is 0 Å². The summed E-state index contributed by atoms with van der Waals surface area (Å²) >= 11 is 0. The lowest BCUT2D eigenvalue weighted by Crippen LogP contribution is -2.41. The van der Waals surface area contributed by atoms with E-state index in [1.807, 2.05) is 25.1 Å². The van der Waals surface area contributed by atoms with E-state index in [9.17, 15) is 0 Å². The summed E-state index contributed by atoms with van der Waals surface area (Å²) < 4.78 is 5.84. The maximum atomic E-state index is 5.84. The van der Waals surface area contributed by atoms with Gasteiger partial charge in [0.1, 0.15) is 0 Å². The molecule has 2 atom stereocenters. The van der Waals surface area contributed by atoms with Crippen molar-refractivity contribution in [1.82, 2.24) is 5.43 Å². The van der Waals surface area contributed by atoms with Crippen molar-refractivity contribution in [1.29, 1.82) is 0 Å². The van der Waals surface area contributed by atoms with E-state index in [2.05, 4.69) is 31.1 Å². The molecule has 18 heavy (non-hydrogen) atoms. The van der Waals surface area contributed by atoms with Gasteiger partial charge in [0.05, 0.1) is 12.1 Å². The fourth-order valence-corrected chi connectivity index (χ4v) is 1.98. The second kappa shape index (κ2) is 8.03. The summed E-state index contributed by atoms with van der Waals surface area (Å²) in [5.74, 6) is 5.67. The number of nitrogens with one attached hydrogen (secondary N) is 1. The van der Waals surface area contributed by atoms with Crippen molar-refractivity contribution in [3.8, 4) is 0 Å². The van der Waals surface area contributed by atoms with Crippen LogP contribution in [0.4, 0.5) is 0 Å². The minimum Gasteiger partial charge on any atom is -0.372 e. The van der Waals surface area contributed by atoms with E-state index in [1.165, 1.54) is 5.57 Å². The van der Waals surface area contributed by atoms with Crippen LogP contribution in [-0.2, 0) is 4.74 Å². The number of hydrogen-bond donors (Lipinski definition) is 2. The molecule has 0 amide bonds. The minimum absolute atomic E-state index is 0.0375. The van der Waals surface area contributed by atoms with Gasteiger partial charge < -0.3 is 4.74 Å². The zero-order valence-electron chi connectivity index (χ0n) is 11.4. The number of rotatable bonds is 8. The van der Waals surface area contributed by atoms with Crippen LogP contribution in [0.5, 0.6) is 0 Å². The topological polar surface area (TPSA) is 47.3 Å². The van der Waals surface area contributed by atoms with Gasteiger partial charge >= 0.3 is 0 Å². The van der Waals surface area contributed by atoms with Crippen molar-refractivity contribution in [3.63, 3.8) is 0 Å². The van der Waals surface area contributed by atoms with Gasteiger partial charge in [0.2, 0.25) is 0 Å². The summed E-state index contributed by atoms with van der Waals surface area (Å²) in [5.41, 5.74) is 5.19. The SMILES string of the molecule is C=C(CC)CC(NN)C(OCC)c1ccccc1. The van der Waals surface area contributed by atoms with Gasteiger partial charge in [-0.2, -0.15) is 0 Å². The van der Waals surface area contributed by atoms with Gasteiger partial charge in [-0.25, -0.2) is 0 Å². The first-order valence-corrected chi connectivity index (χ1v) is 6.52. The molecule has 3 N–H and O–H groups in total. The van der Waals surface area contributed by atoms with E-state index < -0.39 is 0 Å². The summed E-state index contributed by atoms with van der Waals surface area (Å²) in [6, 6.07) is 10.2. The molecule has 0 fully saturated rings. The Balaban J connectivity index is 2.84. The van der Waals surface area contributed by atoms with Crippen molar-refractivity contribution in [2.24, 2.45) is 5.84 Å². The summed E-state index contributed by atoms with van der Waals surface area (Å²) in [5, 5.41) is 0. The van der Waals surface area contributed by atoms with Crippen LogP contribution in [-0.4, -0.2) is 12.6 Å². The Morgan fingerprint density at radius 3 is 2.50 bits per heavy atom. The Morgan fingerprint density at radius 2 is 2.00 bits per heavy atom. The molecule has 1 rings (SSSR count). The fourth-order valence-electron chi connectivity index (χ4n) is 1.98. The van der Waals surface area contributed by atoms with Crippen LogP contribution in [0.25, 0.3) is 0 Å². The third-order valence-electron chi connectivity index (χ3n) is 3.06. The normalized spacial score (nSPS) is 14.2. The molecular weight excluding hydrogens is 224 g/mol. The molecule has 0 bridgehead atoms. The molecule has 0 aliphatic carbocycles. The molecule has 2 unspecified atom stereocenters. The summed E-state index contributed by atoms with van der Waals surface area (Å²) in [6.45, 7) is 8.81. The Morgan fingerprint density at radius 1 is 1.33 bits per heavy atom. The fraction of sp³-hybridized carbons (Fsp3) is 0.467. The predicted molar refractivity (Wildman–Crippen MR) is 76.0 cm³/mol. The maximum Gasteiger partial charge on any atom is 0.0994 e. The predicted octanol–water partition coefficient (Wildman–Crippen LogP) is 2.95. The zero-order valence-corrected chi connectivity index (χ0v) is 11.4. The van der Waals surface area contributed by atoms with E-state index in [-0.39, 0.29) is 12.1 Å². The molecule has 0 saturated heterocycles. The van der Waals surface area contributed by atoms with Crippen LogP contribution in [0, 0.1) is 0 Å². The molecule has 0 aliphatic heterocycles. The van der Waals surface area contributed by atoms with E-state index in [4.69, 9.17) is 10.6 Å². The minimum atomic E-state index is -0.0375. The van der Waals surface area contributed by atoms with Crippen molar-refractivity contribution < 1.29 is 4.74 Å².